The third kappa shape index (κ3) is 5.23. The van der Waals surface area contributed by atoms with E-state index >= 15 is 0 Å². The van der Waals surface area contributed by atoms with Crippen LogP contribution >= 0.6 is 0 Å². The predicted octanol–water partition coefficient (Wildman–Crippen LogP) is 1.05. The Kier molecular flexibility index (Phi) is 5.73. The summed E-state index contributed by atoms with van der Waals surface area (Å²) < 4.78 is 29.8. The second-order valence-electron chi connectivity index (χ2n) is 4.94. The maximum Gasteiger partial charge on any atom is 0.307 e. The molecule has 0 bridgehead atoms. The highest BCUT2D eigenvalue weighted by Crippen LogP contribution is 2.28. The summed E-state index contributed by atoms with van der Waals surface area (Å²) in [6, 6.07) is 6.12. The van der Waals surface area contributed by atoms with Gasteiger partial charge in [-0.05, 0) is 18.1 Å². The number of nitrogens with two attached hydrogens (primary N) is 1. The second-order valence-corrected chi connectivity index (χ2v) is 6.23. The van der Waals surface area contributed by atoms with E-state index in [-0.39, 0.29) is 29.3 Å². The molecule has 120 valence electrons. The van der Waals surface area contributed by atoms with Crippen LogP contribution in [0, 0.1) is 17.2 Å². The smallest absolute Gasteiger partial charge is 0.307 e. The van der Waals surface area contributed by atoms with E-state index in [1.165, 1.54) is 18.2 Å². The number of anilines is 1. The van der Waals surface area contributed by atoms with Gasteiger partial charge in [0.05, 0.1) is 12.1 Å². The Morgan fingerprint density at radius 1 is 1.50 bits per heavy atom. The number of benzene rings is 1. The van der Waals surface area contributed by atoms with Crippen LogP contribution < -0.4 is 14.6 Å². The number of carbonyl (C=O) groups is 1. The van der Waals surface area contributed by atoms with Crippen molar-refractivity contribution in [2.45, 2.75) is 26.4 Å². The number of nitriles is 1. The second kappa shape index (κ2) is 7.11. The summed E-state index contributed by atoms with van der Waals surface area (Å²) in [5.41, 5.74) is -0.0899. The highest BCUT2D eigenvalue weighted by molar-refractivity contribution is 7.90. The molecule has 0 aliphatic rings. The Bertz CT molecular complexity index is 694. The lowest BCUT2D eigenvalue weighted by molar-refractivity contribution is -0.139. The first-order chi connectivity index (χ1) is 10.1. The van der Waals surface area contributed by atoms with Gasteiger partial charge in [-0.15, -0.1) is 0 Å². The minimum absolute atomic E-state index is 0.0275. The standard InChI is InChI=1S/C13H17N3O5S/c1-8(2)12(6-13(17)18)21-11-5-3-4-10(9(11)7-14)16-22(15,19)20/h3-5,8,12,16H,6H2,1-2H3,(H,17,18)(H2,15,19,20). The molecule has 0 fully saturated rings. The Balaban J connectivity index is 3.16. The lowest BCUT2D eigenvalue weighted by Crippen LogP contribution is -2.27. The number of rotatable bonds is 7. The van der Waals surface area contributed by atoms with Gasteiger partial charge in [-0.2, -0.15) is 13.7 Å². The van der Waals surface area contributed by atoms with Gasteiger partial charge in [0.25, 0.3) is 10.2 Å². The van der Waals surface area contributed by atoms with Crippen molar-refractivity contribution in [1.29, 1.82) is 5.26 Å². The maximum absolute atomic E-state index is 11.1. The first kappa shape index (κ1) is 17.7. The summed E-state index contributed by atoms with van der Waals surface area (Å²) in [6.07, 6.45) is -0.899. The molecule has 0 saturated carbocycles. The van der Waals surface area contributed by atoms with Crippen LogP contribution in [0.5, 0.6) is 5.75 Å². The van der Waals surface area contributed by atoms with E-state index in [1.807, 2.05) is 10.8 Å². The Labute approximate surface area is 128 Å². The number of hydrogen-bond donors (Lipinski definition) is 3. The van der Waals surface area contributed by atoms with Crippen molar-refractivity contribution in [2.24, 2.45) is 11.1 Å². The molecule has 0 spiro atoms. The van der Waals surface area contributed by atoms with E-state index in [2.05, 4.69) is 0 Å². The van der Waals surface area contributed by atoms with Gasteiger partial charge in [-0.25, -0.2) is 5.14 Å². The largest absolute Gasteiger partial charge is 0.488 e. The molecule has 0 aliphatic heterocycles. The fourth-order valence-electron chi connectivity index (χ4n) is 1.73. The third-order valence-corrected chi connectivity index (χ3v) is 3.29. The van der Waals surface area contributed by atoms with Crippen molar-refractivity contribution in [1.82, 2.24) is 0 Å². The summed E-state index contributed by atoms with van der Waals surface area (Å²) in [6.45, 7) is 3.57. The molecule has 0 saturated heterocycles. The summed E-state index contributed by atoms with van der Waals surface area (Å²) in [7, 11) is -4.04. The van der Waals surface area contributed by atoms with E-state index in [1.54, 1.807) is 13.8 Å². The molecule has 1 unspecified atom stereocenters. The number of carboxylic acids is 1. The third-order valence-electron chi connectivity index (χ3n) is 2.79. The van der Waals surface area contributed by atoms with Crippen molar-refractivity contribution in [3.05, 3.63) is 23.8 Å². The Hall–Kier alpha value is -2.31. The van der Waals surface area contributed by atoms with Crippen molar-refractivity contribution in [3.8, 4) is 11.8 Å². The Morgan fingerprint density at radius 2 is 2.14 bits per heavy atom. The molecule has 1 atom stereocenters. The van der Waals surface area contributed by atoms with Gasteiger partial charge in [0.1, 0.15) is 23.5 Å². The van der Waals surface area contributed by atoms with Crippen LogP contribution in [0.4, 0.5) is 5.69 Å². The molecule has 8 nitrogen and oxygen atoms in total. The topological polar surface area (TPSA) is 143 Å². The van der Waals surface area contributed by atoms with Crippen molar-refractivity contribution >= 4 is 21.9 Å². The maximum atomic E-state index is 11.1. The highest BCUT2D eigenvalue weighted by Gasteiger charge is 2.21. The zero-order valence-electron chi connectivity index (χ0n) is 12.1. The minimum atomic E-state index is -4.04. The first-order valence-corrected chi connectivity index (χ1v) is 7.90. The van der Waals surface area contributed by atoms with Crippen LogP contribution in [-0.4, -0.2) is 25.6 Å². The molecule has 0 aliphatic carbocycles. The average molecular weight is 327 g/mol. The molecule has 0 heterocycles. The number of hydrogen-bond acceptors (Lipinski definition) is 5. The van der Waals surface area contributed by atoms with Gasteiger partial charge in [0.15, 0.2) is 0 Å². The van der Waals surface area contributed by atoms with Crippen LogP contribution in [-0.2, 0) is 15.0 Å². The molecular formula is C13H17N3O5S. The van der Waals surface area contributed by atoms with Gasteiger partial charge in [-0.1, -0.05) is 19.9 Å². The summed E-state index contributed by atoms with van der Waals surface area (Å²) >= 11 is 0. The van der Waals surface area contributed by atoms with E-state index in [0.717, 1.165) is 0 Å². The number of aliphatic carboxylic acids is 1. The van der Waals surface area contributed by atoms with Crippen molar-refractivity contribution < 1.29 is 23.1 Å². The van der Waals surface area contributed by atoms with Gasteiger partial charge in [-0.3, -0.25) is 9.52 Å². The SMILES string of the molecule is CC(C)C(CC(=O)O)Oc1cccc(NS(N)(=O)=O)c1C#N. The van der Waals surface area contributed by atoms with E-state index in [4.69, 9.17) is 15.0 Å². The fourth-order valence-corrected chi connectivity index (χ4v) is 2.21. The van der Waals surface area contributed by atoms with Gasteiger partial charge in [0.2, 0.25) is 0 Å². The molecule has 1 aromatic rings. The van der Waals surface area contributed by atoms with E-state index < -0.39 is 22.3 Å². The van der Waals surface area contributed by atoms with Crippen LogP contribution in [0.15, 0.2) is 18.2 Å². The number of nitrogens with one attached hydrogen (secondary N) is 1. The van der Waals surface area contributed by atoms with E-state index in [0.29, 0.717) is 0 Å². The molecule has 1 aromatic carbocycles. The molecule has 0 aromatic heterocycles. The molecule has 22 heavy (non-hydrogen) atoms. The lowest BCUT2D eigenvalue weighted by atomic mass is 10.0. The van der Waals surface area contributed by atoms with Crippen molar-refractivity contribution in [3.63, 3.8) is 0 Å². The minimum Gasteiger partial charge on any atom is -0.488 e. The molecule has 1 rings (SSSR count). The van der Waals surface area contributed by atoms with Crippen LogP contribution in [0.3, 0.4) is 0 Å². The summed E-state index contributed by atoms with van der Waals surface area (Å²) in [5, 5.41) is 23.0. The van der Waals surface area contributed by atoms with Crippen LogP contribution in [0.25, 0.3) is 0 Å². The number of ether oxygens (including phenoxy) is 1. The molecule has 0 radical (unpaired) electrons. The zero-order chi connectivity index (χ0) is 16.9. The van der Waals surface area contributed by atoms with Crippen LogP contribution in [0.1, 0.15) is 25.8 Å². The van der Waals surface area contributed by atoms with E-state index in [9.17, 15) is 18.5 Å². The number of nitrogens with zero attached hydrogens (tertiary/aromatic N) is 1. The molecule has 4 N–H and O–H groups in total. The molecule has 9 heteroatoms. The average Bonchev–Trinajstić information content (AvgIpc) is 2.35. The lowest BCUT2D eigenvalue weighted by Gasteiger charge is -2.22. The van der Waals surface area contributed by atoms with Gasteiger partial charge >= 0.3 is 5.97 Å². The summed E-state index contributed by atoms with van der Waals surface area (Å²) in [4.78, 5) is 10.9. The van der Waals surface area contributed by atoms with Crippen molar-refractivity contribution in [2.75, 3.05) is 4.72 Å². The quantitative estimate of drug-likeness (QED) is 0.683. The highest BCUT2D eigenvalue weighted by atomic mass is 32.2. The van der Waals surface area contributed by atoms with Crippen LogP contribution in [0.2, 0.25) is 0 Å². The zero-order valence-corrected chi connectivity index (χ0v) is 12.9. The summed E-state index contributed by atoms with van der Waals surface area (Å²) in [5.74, 6) is -1.05. The Morgan fingerprint density at radius 3 is 2.59 bits per heavy atom. The first-order valence-electron chi connectivity index (χ1n) is 6.36. The predicted molar refractivity (Wildman–Crippen MR) is 79.4 cm³/mol. The fraction of sp³-hybridized carbons (Fsp3) is 0.385. The normalized spacial score (nSPS) is 12.5. The monoisotopic (exact) mass is 327 g/mol. The van der Waals surface area contributed by atoms with Gasteiger partial charge in [0, 0.05) is 0 Å². The molecule has 0 amide bonds. The molecular weight excluding hydrogens is 310 g/mol. The van der Waals surface area contributed by atoms with Gasteiger partial charge < -0.3 is 9.84 Å². The number of carboxylic acid groups (broad SMARTS) is 1.